The number of carbonyl (C=O) groups excluding carboxylic acids is 3. The molecule has 2 aromatic carbocycles. The van der Waals surface area contributed by atoms with Crippen LogP contribution < -0.4 is 20.7 Å². The van der Waals surface area contributed by atoms with Crippen molar-refractivity contribution in [2.45, 2.75) is 20.0 Å². The summed E-state index contributed by atoms with van der Waals surface area (Å²) >= 11 is 0. The van der Waals surface area contributed by atoms with Crippen molar-refractivity contribution >= 4 is 29.1 Å². The summed E-state index contributed by atoms with van der Waals surface area (Å²) in [6.07, 6.45) is -0.556. The Morgan fingerprint density at radius 3 is 2.77 bits per heavy atom. The van der Waals surface area contributed by atoms with Gasteiger partial charge in [-0.2, -0.15) is 0 Å². The Morgan fingerprint density at radius 2 is 2.00 bits per heavy atom. The van der Waals surface area contributed by atoms with Crippen LogP contribution in [0.25, 0.3) is 0 Å². The molecule has 0 aliphatic carbocycles. The fourth-order valence-electron chi connectivity index (χ4n) is 2.54. The van der Waals surface area contributed by atoms with Crippen LogP contribution in [0.15, 0.2) is 42.5 Å². The van der Waals surface area contributed by atoms with Crippen molar-refractivity contribution in [2.24, 2.45) is 0 Å². The van der Waals surface area contributed by atoms with Crippen LogP contribution in [-0.2, 0) is 9.59 Å². The van der Waals surface area contributed by atoms with Gasteiger partial charge in [0, 0.05) is 11.3 Å². The lowest BCUT2D eigenvalue weighted by molar-refractivity contribution is -0.122. The molecule has 2 aromatic rings. The van der Waals surface area contributed by atoms with Crippen LogP contribution in [0, 0.1) is 6.92 Å². The molecular weight excluding hydrogens is 334 g/mol. The number of rotatable bonds is 4. The summed E-state index contributed by atoms with van der Waals surface area (Å²) in [7, 11) is 0. The Morgan fingerprint density at radius 1 is 1.19 bits per heavy atom. The van der Waals surface area contributed by atoms with Crippen LogP contribution >= 0.6 is 0 Å². The number of nitrogens with one attached hydrogen (secondary N) is 3. The first-order valence-electron chi connectivity index (χ1n) is 8.18. The number of carbonyl (C=O) groups is 3. The Bertz CT molecular complexity index is 879. The number of hydrogen-bond donors (Lipinski definition) is 3. The maximum atomic E-state index is 12.1. The smallest absolute Gasteiger partial charge is 0.265 e. The quantitative estimate of drug-likeness (QED) is 0.784. The monoisotopic (exact) mass is 353 g/mol. The van der Waals surface area contributed by atoms with Gasteiger partial charge in [-0.1, -0.05) is 17.7 Å². The van der Waals surface area contributed by atoms with Gasteiger partial charge in [0.05, 0.1) is 12.2 Å². The number of hydrogen-bond acceptors (Lipinski definition) is 4. The standard InChI is InChI=1S/C19H19N3O4/c1-11-4-3-5-13(8-11)19(25)20-10-17(23)21-14-6-7-16-15(9-14)22-18(24)12(2)26-16/h3-9,12H,10H2,1-2H3,(H,20,25)(H,21,23)(H,22,24)/t12-/m1/s1. The zero-order valence-electron chi connectivity index (χ0n) is 14.5. The second kappa shape index (κ2) is 7.26. The Balaban J connectivity index is 1.58. The summed E-state index contributed by atoms with van der Waals surface area (Å²) in [4.78, 5) is 35.8. The molecule has 1 aliphatic rings. The number of fused-ring (bicyclic) bond motifs is 1. The highest BCUT2D eigenvalue weighted by atomic mass is 16.5. The summed E-state index contributed by atoms with van der Waals surface area (Å²) in [6.45, 7) is 3.39. The van der Waals surface area contributed by atoms with Crippen molar-refractivity contribution in [2.75, 3.05) is 17.2 Å². The van der Waals surface area contributed by atoms with Gasteiger partial charge in [-0.15, -0.1) is 0 Å². The van der Waals surface area contributed by atoms with Gasteiger partial charge in [0.15, 0.2) is 6.10 Å². The molecule has 0 saturated heterocycles. The lowest BCUT2D eigenvalue weighted by Gasteiger charge is -2.23. The minimum Gasteiger partial charge on any atom is -0.479 e. The molecule has 7 heteroatoms. The fourth-order valence-corrected chi connectivity index (χ4v) is 2.54. The van der Waals surface area contributed by atoms with Crippen LogP contribution in [-0.4, -0.2) is 30.4 Å². The molecule has 3 N–H and O–H groups in total. The van der Waals surface area contributed by atoms with Gasteiger partial charge < -0.3 is 20.7 Å². The Hall–Kier alpha value is -3.35. The lowest BCUT2D eigenvalue weighted by atomic mass is 10.1. The molecule has 0 aromatic heterocycles. The minimum absolute atomic E-state index is 0.163. The highest BCUT2D eigenvalue weighted by Crippen LogP contribution is 2.32. The van der Waals surface area contributed by atoms with Crippen LogP contribution in [0.4, 0.5) is 11.4 Å². The first-order chi connectivity index (χ1) is 12.4. The van der Waals surface area contributed by atoms with E-state index in [4.69, 9.17) is 4.74 Å². The fraction of sp³-hybridized carbons (Fsp3) is 0.211. The average Bonchev–Trinajstić information content (AvgIpc) is 2.61. The highest BCUT2D eigenvalue weighted by molar-refractivity contribution is 6.01. The van der Waals surface area contributed by atoms with Gasteiger partial charge >= 0.3 is 0 Å². The molecule has 7 nitrogen and oxygen atoms in total. The molecule has 0 saturated carbocycles. The third kappa shape index (κ3) is 4.00. The Labute approximate surface area is 150 Å². The molecule has 26 heavy (non-hydrogen) atoms. The summed E-state index contributed by atoms with van der Waals surface area (Å²) in [5.74, 6) is -0.388. The highest BCUT2D eigenvalue weighted by Gasteiger charge is 2.23. The maximum Gasteiger partial charge on any atom is 0.265 e. The van der Waals surface area contributed by atoms with Crippen molar-refractivity contribution in [1.82, 2.24) is 5.32 Å². The molecule has 1 aliphatic heterocycles. The summed E-state index contributed by atoms with van der Waals surface area (Å²) < 4.78 is 5.46. The van der Waals surface area contributed by atoms with E-state index in [0.29, 0.717) is 22.7 Å². The van der Waals surface area contributed by atoms with E-state index >= 15 is 0 Å². The van der Waals surface area contributed by atoms with E-state index in [2.05, 4.69) is 16.0 Å². The second-order valence-corrected chi connectivity index (χ2v) is 6.06. The van der Waals surface area contributed by atoms with Crippen LogP contribution in [0.1, 0.15) is 22.8 Å². The van der Waals surface area contributed by atoms with Crippen LogP contribution in [0.5, 0.6) is 5.75 Å². The first-order valence-corrected chi connectivity index (χ1v) is 8.18. The molecule has 1 atom stereocenters. The molecule has 0 radical (unpaired) electrons. The zero-order chi connectivity index (χ0) is 18.7. The molecule has 0 fully saturated rings. The third-order valence-corrected chi connectivity index (χ3v) is 3.88. The molecule has 0 spiro atoms. The van der Waals surface area contributed by atoms with Crippen molar-refractivity contribution in [3.8, 4) is 5.75 Å². The summed E-state index contributed by atoms with van der Waals surface area (Å²) in [6, 6.07) is 12.1. The first kappa shape index (κ1) is 17.5. The molecule has 0 bridgehead atoms. The molecule has 0 unspecified atom stereocenters. The predicted octanol–water partition coefficient (Wildman–Crippen LogP) is 2.08. The van der Waals surface area contributed by atoms with E-state index in [1.54, 1.807) is 43.3 Å². The van der Waals surface area contributed by atoms with E-state index < -0.39 is 6.10 Å². The van der Waals surface area contributed by atoms with Crippen molar-refractivity contribution < 1.29 is 19.1 Å². The summed E-state index contributed by atoms with van der Waals surface area (Å²) in [5.41, 5.74) is 2.46. The van der Waals surface area contributed by atoms with Gasteiger partial charge in [0.2, 0.25) is 5.91 Å². The van der Waals surface area contributed by atoms with E-state index in [-0.39, 0.29) is 24.3 Å². The van der Waals surface area contributed by atoms with Gasteiger partial charge in [-0.3, -0.25) is 14.4 Å². The Kier molecular flexibility index (Phi) is 4.88. The van der Waals surface area contributed by atoms with E-state index in [1.807, 2.05) is 13.0 Å². The topological polar surface area (TPSA) is 96.5 Å². The number of ether oxygens (including phenoxy) is 1. The normalized spacial score (nSPS) is 15.3. The third-order valence-electron chi connectivity index (χ3n) is 3.88. The van der Waals surface area contributed by atoms with Gasteiger partial charge in [-0.05, 0) is 44.2 Å². The van der Waals surface area contributed by atoms with E-state index in [9.17, 15) is 14.4 Å². The number of anilines is 2. The molecule has 134 valence electrons. The molecule has 3 amide bonds. The second-order valence-electron chi connectivity index (χ2n) is 6.06. The zero-order valence-corrected chi connectivity index (χ0v) is 14.5. The lowest BCUT2D eigenvalue weighted by Crippen LogP contribution is -2.34. The largest absolute Gasteiger partial charge is 0.479 e. The van der Waals surface area contributed by atoms with E-state index in [0.717, 1.165) is 5.56 Å². The van der Waals surface area contributed by atoms with Gasteiger partial charge in [0.25, 0.3) is 11.8 Å². The van der Waals surface area contributed by atoms with Gasteiger partial charge in [0.1, 0.15) is 5.75 Å². The van der Waals surface area contributed by atoms with Crippen molar-refractivity contribution in [1.29, 1.82) is 0 Å². The van der Waals surface area contributed by atoms with Gasteiger partial charge in [-0.25, -0.2) is 0 Å². The van der Waals surface area contributed by atoms with Crippen molar-refractivity contribution in [3.05, 3.63) is 53.6 Å². The summed E-state index contributed by atoms with van der Waals surface area (Å²) in [5, 5.41) is 7.97. The minimum atomic E-state index is -0.556. The number of benzene rings is 2. The van der Waals surface area contributed by atoms with Crippen LogP contribution in [0.3, 0.4) is 0 Å². The molecule has 1 heterocycles. The van der Waals surface area contributed by atoms with E-state index in [1.165, 1.54) is 0 Å². The average molecular weight is 353 g/mol. The maximum absolute atomic E-state index is 12.1. The SMILES string of the molecule is Cc1cccc(C(=O)NCC(=O)Nc2ccc3c(c2)NC(=O)[C@@H](C)O3)c1. The number of amides is 3. The number of aryl methyl sites for hydroxylation is 1. The predicted molar refractivity (Wildman–Crippen MR) is 97.3 cm³/mol. The molecule has 3 rings (SSSR count). The molecular formula is C19H19N3O4. The van der Waals surface area contributed by atoms with Crippen molar-refractivity contribution in [3.63, 3.8) is 0 Å². The van der Waals surface area contributed by atoms with Crippen LogP contribution in [0.2, 0.25) is 0 Å².